The molecular weight excluding hydrogens is 168 g/mol. The number of nitrogens with one attached hydrogen (secondary N) is 2. The van der Waals surface area contributed by atoms with E-state index >= 15 is 0 Å². The van der Waals surface area contributed by atoms with Crippen LogP contribution >= 0.6 is 11.8 Å². The zero-order chi connectivity index (χ0) is 8.65. The number of rotatable bonds is 5. The fourth-order valence-electron chi connectivity index (χ4n) is 1.55. The summed E-state index contributed by atoms with van der Waals surface area (Å²) in [5, 5.41) is 7.00. The molecule has 0 aromatic heterocycles. The van der Waals surface area contributed by atoms with Crippen LogP contribution in [-0.2, 0) is 0 Å². The molecule has 1 rings (SSSR count). The van der Waals surface area contributed by atoms with Gasteiger partial charge in [0.15, 0.2) is 0 Å². The minimum absolute atomic E-state index is 0.737. The highest BCUT2D eigenvalue weighted by atomic mass is 32.2. The van der Waals surface area contributed by atoms with Gasteiger partial charge in [-0.1, -0.05) is 6.42 Å². The van der Waals surface area contributed by atoms with E-state index in [4.69, 9.17) is 0 Å². The summed E-state index contributed by atoms with van der Waals surface area (Å²) < 4.78 is 0. The van der Waals surface area contributed by atoms with E-state index in [0.29, 0.717) is 0 Å². The molecule has 1 heterocycles. The van der Waals surface area contributed by atoms with Crippen molar-refractivity contribution >= 4 is 11.8 Å². The van der Waals surface area contributed by atoms with E-state index in [1.54, 1.807) is 0 Å². The summed E-state index contributed by atoms with van der Waals surface area (Å²) in [5.41, 5.74) is 0. The van der Waals surface area contributed by atoms with E-state index < -0.39 is 0 Å². The highest BCUT2D eigenvalue weighted by molar-refractivity contribution is 7.98. The molecule has 1 aliphatic heterocycles. The van der Waals surface area contributed by atoms with Crippen molar-refractivity contribution in [1.29, 1.82) is 0 Å². The van der Waals surface area contributed by atoms with Crippen molar-refractivity contribution < 1.29 is 0 Å². The van der Waals surface area contributed by atoms with E-state index in [2.05, 4.69) is 16.9 Å². The van der Waals surface area contributed by atoms with Crippen LogP contribution in [0.2, 0.25) is 0 Å². The van der Waals surface area contributed by atoms with E-state index in [-0.39, 0.29) is 0 Å². The number of thioether (sulfide) groups is 1. The maximum absolute atomic E-state index is 3.53. The molecule has 3 heteroatoms. The molecule has 12 heavy (non-hydrogen) atoms. The van der Waals surface area contributed by atoms with Gasteiger partial charge in [-0.15, -0.1) is 0 Å². The van der Waals surface area contributed by atoms with Crippen molar-refractivity contribution in [2.24, 2.45) is 0 Å². The van der Waals surface area contributed by atoms with Crippen molar-refractivity contribution in [2.75, 3.05) is 31.6 Å². The highest BCUT2D eigenvalue weighted by Gasteiger charge is 2.10. The lowest BCUT2D eigenvalue weighted by molar-refractivity contribution is 0.387. The van der Waals surface area contributed by atoms with Gasteiger partial charge in [0.1, 0.15) is 0 Å². The van der Waals surface area contributed by atoms with E-state index in [1.807, 2.05) is 11.8 Å². The van der Waals surface area contributed by atoms with Gasteiger partial charge in [0, 0.05) is 24.9 Å². The molecule has 0 aromatic rings. The second-order valence-electron chi connectivity index (χ2n) is 3.34. The molecule has 2 nitrogen and oxygen atoms in total. The first-order valence-corrected chi connectivity index (χ1v) is 6.26. The third-order valence-corrected chi connectivity index (χ3v) is 2.90. The van der Waals surface area contributed by atoms with Crippen LogP contribution in [0, 0.1) is 0 Å². The maximum Gasteiger partial charge on any atom is 0.0192 e. The predicted octanol–water partition coefficient (Wildman–Crippen LogP) is 1.08. The molecule has 0 aliphatic carbocycles. The molecule has 1 aliphatic rings. The Hall–Kier alpha value is 0.270. The zero-order valence-electron chi connectivity index (χ0n) is 7.94. The van der Waals surface area contributed by atoms with Gasteiger partial charge in [-0.05, 0) is 25.6 Å². The fraction of sp³-hybridized carbons (Fsp3) is 1.00. The first kappa shape index (κ1) is 10.4. The number of hydrogen-bond donors (Lipinski definition) is 2. The molecule has 1 fully saturated rings. The summed E-state index contributed by atoms with van der Waals surface area (Å²) in [7, 11) is 0. The summed E-state index contributed by atoms with van der Waals surface area (Å²) in [6.45, 7) is 3.52. The molecule has 0 radical (unpaired) electrons. The normalized spacial score (nSPS) is 24.2. The number of hydrogen-bond acceptors (Lipinski definition) is 3. The van der Waals surface area contributed by atoms with Crippen LogP contribution in [0.1, 0.15) is 19.3 Å². The van der Waals surface area contributed by atoms with E-state index in [1.165, 1.54) is 31.6 Å². The molecule has 2 N–H and O–H groups in total. The van der Waals surface area contributed by atoms with Crippen LogP contribution in [0.25, 0.3) is 0 Å². The molecule has 72 valence electrons. The monoisotopic (exact) mass is 188 g/mol. The van der Waals surface area contributed by atoms with Gasteiger partial charge < -0.3 is 10.6 Å². The van der Waals surface area contributed by atoms with Crippen LogP contribution in [0.4, 0.5) is 0 Å². The quantitative estimate of drug-likeness (QED) is 0.631. The topological polar surface area (TPSA) is 24.1 Å². The van der Waals surface area contributed by atoms with Crippen LogP contribution < -0.4 is 10.6 Å². The van der Waals surface area contributed by atoms with Crippen molar-refractivity contribution in [3.63, 3.8) is 0 Å². The summed E-state index contributed by atoms with van der Waals surface area (Å²) in [5.74, 6) is 1.23. The Morgan fingerprint density at radius 2 is 2.42 bits per heavy atom. The van der Waals surface area contributed by atoms with Gasteiger partial charge >= 0.3 is 0 Å². The van der Waals surface area contributed by atoms with E-state index in [9.17, 15) is 0 Å². The molecule has 0 aromatic carbocycles. The maximum atomic E-state index is 3.53. The lowest BCUT2D eigenvalue weighted by atomic mass is 10.1. The van der Waals surface area contributed by atoms with Gasteiger partial charge in [-0.25, -0.2) is 0 Å². The molecule has 0 bridgehead atoms. The van der Waals surface area contributed by atoms with Crippen LogP contribution in [-0.4, -0.2) is 37.7 Å². The van der Waals surface area contributed by atoms with E-state index in [0.717, 1.165) is 19.1 Å². The summed E-state index contributed by atoms with van der Waals surface area (Å²) in [4.78, 5) is 0. The van der Waals surface area contributed by atoms with Crippen LogP contribution in [0.15, 0.2) is 0 Å². The number of piperidine rings is 1. The summed E-state index contributed by atoms with van der Waals surface area (Å²) in [6, 6.07) is 0.737. The highest BCUT2D eigenvalue weighted by Crippen LogP contribution is 2.05. The molecule has 1 unspecified atom stereocenters. The lowest BCUT2D eigenvalue weighted by Gasteiger charge is -2.23. The molecule has 0 amide bonds. The van der Waals surface area contributed by atoms with Crippen molar-refractivity contribution in [3.8, 4) is 0 Å². The lowest BCUT2D eigenvalue weighted by Crippen LogP contribution is -2.42. The second kappa shape index (κ2) is 6.75. The minimum Gasteiger partial charge on any atom is -0.314 e. The Morgan fingerprint density at radius 1 is 1.50 bits per heavy atom. The Bertz CT molecular complexity index is 103. The zero-order valence-corrected chi connectivity index (χ0v) is 8.75. The molecular formula is C9H20N2S. The third kappa shape index (κ3) is 4.33. The van der Waals surface area contributed by atoms with Gasteiger partial charge in [0.25, 0.3) is 0 Å². The second-order valence-corrected chi connectivity index (χ2v) is 4.33. The van der Waals surface area contributed by atoms with Gasteiger partial charge in [-0.2, -0.15) is 11.8 Å². The van der Waals surface area contributed by atoms with Crippen LogP contribution in [0.5, 0.6) is 0 Å². The van der Waals surface area contributed by atoms with Crippen LogP contribution in [0.3, 0.4) is 0 Å². The molecule has 0 saturated carbocycles. The smallest absolute Gasteiger partial charge is 0.0192 e. The predicted molar refractivity (Wildman–Crippen MR) is 56.9 cm³/mol. The Balaban J connectivity index is 1.91. The minimum atomic E-state index is 0.737. The Kier molecular flexibility index (Phi) is 5.82. The van der Waals surface area contributed by atoms with Gasteiger partial charge in [0.2, 0.25) is 0 Å². The average Bonchev–Trinajstić information content (AvgIpc) is 2.14. The van der Waals surface area contributed by atoms with Crippen molar-refractivity contribution in [1.82, 2.24) is 10.6 Å². The van der Waals surface area contributed by atoms with Crippen molar-refractivity contribution in [3.05, 3.63) is 0 Å². The molecule has 1 atom stereocenters. The van der Waals surface area contributed by atoms with Crippen molar-refractivity contribution in [2.45, 2.75) is 25.3 Å². The van der Waals surface area contributed by atoms with Gasteiger partial charge in [0.05, 0.1) is 0 Å². The first-order chi connectivity index (χ1) is 5.93. The standard InChI is InChI=1S/C9H20N2S/c1-12-7-6-10-8-9-4-2-3-5-11-9/h9-11H,2-8H2,1H3. The first-order valence-electron chi connectivity index (χ1n) is 4.86. The fourth-order valence-corrected chi connectivity index (χ4v) is 1.90. The SMILES string of the molecule is CSCCNCC1CCCCN1. The third-order valence-electron chi connectivity index (χ3n) is 2.29. The summed E-state index contributed by atoms with van der Waals surface area (Å²) >= 11 is 1.91. The molecule has 1 saturated heterocycles. The molecule has 0 spiro atoms. The Labute approximate surface area is 79.9 Å². The summed E-state index contributed by atoms with van der Waals surface area (Å²) in [6.07, 6.45) is 6.27. The Morgan fingerprint density at radius 3 is 3.08 bits per heavy atom. The largest absolute Gasteiger partial charge is 0.314 e. The van der Waals surface area contributed by atoms with Gasteiger partial charge in [-0.3, -0.25) is 0 Å². The average molecular weight is 188 g/mol.